The zero-order valence-corrected chi connectivity index (χ0v) is 26.4. The fraction of sp³-hybridized carbons (Fsp3) is 0.0455. The Morgan fingerprint density at radius 3 is 2.20 bits per heavy atom. The van der Waals surface area contributed by atoms with E-state index < -0.39 is 0 Å². The largest absolute Gasteiger partial charge is 0.456 e. The van der Waals surface area contributed by atoms with Gasteiger partial charge in [-0.3, -0.25) is 4.57 Å². The van der Waals surface area contributed by atoms with Gasteiger partial charge in [0.05, 0.1) is 28.5 Å². The lowest BCUT2D eigenvalue weighted by Crippen LogP contribution is -2.26. The van der Waals surface area contributed by atoms with Crippen LogP contribution >= 0.6 is 0 Å². The van der Waals surface area contributed by atoms with Gasteiger partial charge in [-0.1, -0.05) is 115 Å². The van der Waals surface area contributed by atoms with Gasteiger partial charge >= 0.3 is 0 Å². The van der Waals surface area contributed by atoms with Crippen molar-refractivity contribution in [3.8, 4) is 17.2 Å². The average Bonchev–Trinajstić information content (AvgIpc) is 3.81. The van der Waals surface area contributed by atoms with Crippen LogP contribution in [0.4, 0.5) is 11.4 Å². The topological polar surface area (TPSA) is 47.1 Å². The Morgan fingerprint density at radius 1 is 0.592 bits per heavy atom. The molecule has 1 aliphatic heterocycles. The van der Waals surface area contributed by atoms with Crippen LogP contribution in [0.1, 0.15) is 28.8 Å². The third kappa shape index (κ3) is 3.75. The first-order valence-corrected chi connectivity index (χ1v) is 16.8. The SMILES string of the molecule is C1=CC2c3ccccc3N(c3ccccc3)C2c2c1c1cc3c(cc1n2-c1nc(-c2ccccc2)c2ccccc2n1)oc1ccccc13. The predicted molar refractivity (Wildman–Crippen MR) is 199 cm³/mol. The molecule has 3 aromatic heterocycles. The van der Waals surface area contributed by atoms with E-state index in [1.807, 2.05) is 18.2 Å². The first-order valence-electron chi connectivity index (χ1n) is 16.8. The second kappa shape index (κ2) is 10.0. The summed E-state index contributed by atoms with van der Waals surface area (Å²) in [4.78, 5) is 13.3. The van der Waals surface area contributed by atoms with Crippen LogP contribution < -0.4 is 4.90 Å². The normalized spacial score (nSPS) is 16.4. The van der Waals surface area contributed by atoms with E-state index in [-0.39, 0.29) is 12.0 Å². The van der Waals surface area contributed by atoms with E-state index in [1.54, 1.807) is 0 Å². The maximum Gasteiger partial charge on any atom is 0.235 e. The Hall–Kier alpha value is -6.46. The van der Waals surface area contributed by atoms with Crippen molar-refractivity contribution in [2.45, 2.75) is 12.0 Å². The van der Waals surface area contributed by atoms with Gasteiger partial charge in [0.25, 0.3) is 0 Å². The molecule has 230 valence electrons. The third-order valence-corrected chi connectivity index (χ3v) is 10.3. The molecule has 0 saturated heterocycles. The van der Waals surface area contributed by atoms with Gasteiger partial charge in [-0.05, 0) is 42.0 Å². The molecule has 9 aromatic rings. The molecule has 2 aliphatic rings. The zero-order valence-electron chi connectivity index (χ0n) is 26.4. The second-order valence-corrected chi connectivity index (χ2v) is 12.9. The number of hydrogen-bond donors (Lipinski definition) is 0. The van der Waals surface area contributed by atoms with Gasteiger partial charge in [-0.25, -0.2) is 9.97 Å². The van der Waals surface area contributed by atoms with Crippen LogP contribution in [0, 0.1) is 0 Å². The van der Waals surface area contributed by atoms with Crippen molar-refractivity contribution in [3.63, 3.8) is 0 Å². The molecule has 49 heavy (non-hydrogen) atoms. The van der Waals surface area contributed by atoms with Crippen molar-refractivity contribution in [2.24, 2.45) is 0 Å². The number of furan rings is 1. The van der Waals surface area contributed by atoms with E-state index in [2.05, 4.69) is 149 Å². The fourth-order valence-corrected chi connectivity index (χ4v) is 8.27. The molecule has 11 rings (SSSR count). The van der Waals surface area contributed by atoms with Crippen molar-refractivity contribution < 1.29 is 4.42 Å². The number of anilines is 2. The highest BCUT2D eigenvalue weighted by Crippen LogP contribution is 2.57. The van der Waals surface area contributed by atoms with Crippen LogP contribution in [0.3, 0.4) is 0 Å². The Kier molecular flexibility index (Phi) is 5.44. The summed E-state index contributed by atoms with van der Waals surface area (Å²) in [6.45, 7) is 0. The van der Waals surface area contributed by atoms with Crippen molar-refractivity contribution >= 4 is 61.2 Å². The van der Waals surface area contributed by atoms with E-state index >= 15 is 0 Å². The minimum atomic E-state index is -0.0227. The van der Waals surface area contributed by atoms with Crippen LogP contribution in [-0.2, 0) is 0 Å². The molecule has 0 bridgehead atoms. The molecule has 2 unspecified atom stereocenters. The van der Waals surface area contributed by atoms with Crippen LogP contribution in [-0.4, -0.2) is 14.5 Å². The zero-order chi connectivity index (χ0) is 32.1. The summed E-state index contributed by atoms with van der Waals surface area (Å²) in [6.07, 6.45) is 4.72. The van der Waals surface area contributed by atoms with Crippen LogP contribution in [0.5, 0.6) is 0 Å². The summed E-state index contributed by atoms with van der Waals surface area (Å²) < 4.78 is 8.81. The maximum atomic E-state index is 6.49. The van der Waals surface area contributed by atoms with Gasteiger partial charge in [0.2, 0.25) is 5.95 Å². The summed E-state index contributed by atoms with van der Waals surface area (Å²) in [6, 6.07) is 51.1. The Balaban J connectivity index is 1.28. The molecular formula is C44H28N4O. The summed E-state index contributed by atoms with van der Waals surface area (Å²) >= 11 is 0. The number of fused-ring (bicyclic) bond motifs is 11. The molecule has 5 nitrogen and oxygen atoms in total. The fourth-order valence-electron chi connectivity index (χ4n) is 8.27. The summed E-state index contributed by atoms with van der Waals surface area (Å²) in [5.74, 6) is 0.794. The smallest absolute Gasteiger partial charge is 0.235 e. The maximum absolute atomic E-state index is 6.49. The molecule has 0 amide bonds. The van der Waals surface area contributed by atoms with Crippen molar-refractivity contribution in [3.05, 3.63) is 168 Å². The molecule has 0 saturated carbocycles. The van der Waals surface area contributed by atoms with Crippen LogP contribution in [0.15, 0.2) is 156 Å². The molecule has 1 aliphatic carbocycles. The van der Waals surface area contributed by atoms with E-state index in [0.717, 1.165) is 60.7 Å². The number of hydrogen-bond acceptors (Lipinski definition) is 4. The lowest BCUT2D eigenvalue weighted by atomic mass is 9.86. The Morgan fingerprint density at radius 2 is 1.33 bits per heavy atom. The number of nitrogens with zero attached hydrogens (tertiary/aromatic N) is 4. The highest BCUT2D eigenvalue weighted by atomic mass is 16.3. The molecule has 6 aromatic carbocycles. The van der Waals surface area contributed by atoms with Gasteiger partial charge in [0.15, 0.2) is 0 Å². The van der Waals surface area contributed by atoms with Gasteiger partial charge in [-0.15, -0.1) is 0 Å². The Labute approximate surface area is 282 Å². The van der Waals surface area contributed by atoms with E-state index in [0.29, 0.717) is 5.95 Å². The predicted octanol–water partition coefficient (Wildman–Crippen LogP) is 11.1. The van der Waals surface area contributed by atoms with Gasteiger partial charge in [0.1, 0.15) is 11.2 Å². The van der Waals surface area contributed by atoms with Crippen molar-refractivity contribution in [2.75, 3.05) is 4.90 Å². The molecule has 5 heteroatoms. The molecular weight excluding hydrogens is 601 g/mol. The van der Waals surface area contributed by atoms with Gasteiger partial charge in [0, 0.05) is 56.0 Å². The number of aromatic nitrogens is 3. The summed E-state index contributed by atoms with van der Waals surface area (Å²) in [7, 11) is 0. The molecule has 4 heterocycles. The molecule has 2 atom stereocenters. The van der Waals surface area contributed by atoms with Gasteiger partial charge in [-0.2, -0.15) is 0 Å². The van der Waals surface area contributed by atoms with Crippen molar-refractivity contribution in [1.82, 2.24) is 14.5 Å². The third-order valence-electron chi connectivity index (χ3n) is 10.3. The Bertz CT molecular complexity index is 2790. The van der Waals surface area contributed by atoms with Crippen molar-refractivity contribution in [1.29, 1.82) is 0 Å². The average molecular weight is 629 g/mol. The first-order chi connectivity index (χ1) is 24.3. The van der Waals surface area contributed by atoms with E-state index in [9.17, 15) is 0 Å². The molecule has 0 N–H and O–H groups in total. The highest BCUT2D eigenvalue weighted by Gasteiger charge is 2.44. The van der Waals surface area contributed by atoms with Gasteiger partial charge < -0.3 is 9.32 Å². The van der Waals surface area contributed by atoms with E-state index in [1.165, 1.54) is 22.5 Å². The molecule has 0 fully saturated rings. The number of rotatable bonds is 3. The summed E-state index contributed by atoms with van der Waals surface area (Å²) in [5, 5.41) is 4.41. The van der Waals surface area contributed by atoms with E-state index in [4.69, 9.17) is 14.4 Å². The lowest BCUT2D eigenvalue weighted by Gasteiger charge is -2.33. The van der Waals surface area contributed by atoms with Crippen LogP contribution in [0.2, 0.25) is 0 Å². The van der Waals surface area contributed by atoms with Crippen LogP contribution in [0.25, 0.3) is 67.0 Å². The molecule has 0 radical (unpaired) electrons. The number of benzene rings is 6. The standard InChI is InChI=1S/C44H28N4O/c1-3-13-27(14-4-1)41-33-19-7-10-20-36(33)45-44(46-41)48-38-26-40-35(30-18-9-12-22-39(30)49-40)25-34(38)32-24-23-31-29-17-8-11-21-37(29)47(42(31)43(32)48)28-15-5-2-6-16-28/h1-26,31,42H. The first kappa shape index (κ1) is 26.6. The lowest BCUT2D eigenvalue weighted by molar-refractivity contribution is 0.631. The second-order valence-electron chi connectivity index (χ2n) is 12.9. The molecule has 0 spiro atoms. The monoisotopic (exact) mass is 628 g/mol. The minimum Gasteiger partial charge on any atom is -0.456 e. The number of para-hydroxylation sites is 4. The highest BCUT2D eigenvalue weighted by molar-refractivity contribution is 6.12. The summed E-state index contributed by atoms with van der Waals surface area (Å²) in [5.41, 5.74) is 11.7. The minimum absolute atomic E-state index is 0.0227. The quantitative estimate of drug-likeness (QED) is 0.195.